The largest absolute Gasteiger partial charge is 1.00 e. The molecular formula is C42H61KO16. The number of aliphatic hydroxyl groups excluding tert-OH is 5. The third kappa shape index (κ3) is 7.21. The average molecular weight is 861 g/mol. The van der Waals surface area contributed by atoms with Gasteiger partial charge in [0.05, 0.1) is 18.0 Å². The first-order chi connectivity index (χ1) is 26.8. The maximum absolute atomic E-state index is 14.8. The number of hydrogen-bond acceptors (Lipinski definition) is 16. The van der Waals surface area contributed by atoms with Crippen LogP contribution in [0, 0.1) is 50.2 Å². The topological polar surface area (TPSA) is 276 Å². The van der Waals surface area contributed by atoms with Crippen molar-refractivity contribution in [2.75, 3.05) is 0 Å². The molecule has 16 nitrogen and oxygen atoms in total. The number of allylic oxidation sites excluding steroid dienone is 2. The molecule has 4 saturated carbocycles. The van der Waals surface area contributed by atoms with Gasteiger partial charge in [-0.1, -0.05) is 54.0 Å². The van der Waals surface area contributed by atoms with Gasteiger partial charge in [-0.2, -0.15) is 0 Å². The van der Waals surface area contributed by atoms with Gasteiger partial charge < -0.3 is 74.2 Å². The van der Waals surface area contributed by atoms with Crippen molar-refractivity contribution in [3.05, 3.63) is 11.6 Å². The molecule has 7 rings (SSSR count). The van der Waals surface area contributed by atoms with Crippen LogP contribution in [-0.2, 0) is 38.1 Å². The fourth-order valence-corrected chi connectivity index (χ4v) is 13.3. The molecule has 0 amide bonds. The summed E-state index contributed by atoms with van der Waals surface area (Å²) in [5, 5.41) is 89.2. The first-order valence-electron chi connectivity index (χ1n) is 20.7. The smallest absolute Gasteiger partial charge is 0.550 e. The quantitative estimate of drug-likeness (QED) is 0.119. The number of carboxylic acid groups (broad SMARTS) is 3. The van der Waals surface area contributed by atoms with Crippen LogP contribution in [0.1, 0.15) is 109 Å². The molecule has 2 heterocycles. The number of aliphatic hydroxyl groups is 5. The second-order valence-electron chi connectivity index (χ2n) is 20.6. The number of fused-ring (bicyclic) bond motifs is 7. The molecular weight excluding hydrogens is 800 g/mol. The molecule has 7 aliphatic rings. The molecule has 0 aromatic carbocycles. The fourth-order valence-electron chi connectivity index (χ4n) is 13.3. The van der Waals surface area contributed by atoms with Crippen LogP contribution < -0.4 is 66.7 Å². The number of carboxylic acids is 3. The number of rotatable bonds is 7. The summed E-state index contributed by atoms with van der Waals surface area (Å²) in [6, 6.07) is 0. The van der Waals surface area contributed by atoms with Crippen molar-refractivity contribution in [3.8, 4) is 0 Å². The van der Waals surface area contributed by atoms with E-state index < -0.39 is 107 Å². The van der Waals surface area contributed by atoms with Gasteiger partial charge in [-0.05, 0) is 103 Å². The second-order valence-corrected chi connectivity index (χ2v) is 20.6. The zero-order chi connectivity index (χ0) is 42.9. The van der Waals surface area contributed by atoms with Crippen molar-refractivity contribution in [1.29, 1.82) is 0 Å². The summed E-state index contributed by atoms with van der Waals surface area (Å²) in [7, 11) is 0. The van der Waals surface area contributed by atoms with E-state index >= 15 is 0 Å². The first kappa shape index (κ1) is 47.6. The molecule has 17 heteroatoms. The summed E-state index contributed by atoms with van der Waals surface area (Å²) in [4.78, 5) is 50.9. The van der Waals surface area contributed by atoms with Crippen LogP contribution in [-0.4, -0.2) is 117 Å². The molecule has 2 aliphatic heterocycles. The van der Waals surface area contributed by atoms with Gasteiger partial charge in [0.2, 0.25) is 0 Å². The minimum absolute atomic E-state index is 0. The van der Waals surface area contributed by atoms with E-state index in [1.165, 1.54) is 0 Å². The van der Waals surface area contributed by atoms with E-state index in [1.807, 2.05) is 19.9 Å². The van der Waals surface area contributed by atoms with Crippen molar-refractivity contribution >= 4 is 23.7 Å². The standard InChI is InChI=1S/C42H62O16.K/c1-37(2)21-8-11-42(7)31(20(43)16-18-19-17-39(4,36(53)54)13-12-38(19,3)14-15-41(18,42)6)40(21,5)10-9-22(37)55-35-30(26(47)25(46)29(57-35)33(51)52)58-34-27(48)23(44)24(45)28(56-34)32(49)50;/h16,19,21-31,34-35,44-48H,8-15,17H2,1-7H3,(H,49,50)(H,51,52)(H,53,54);/q;+1/p-1/t19-,21-,22-,23-,24-,25-,26-,27+,28-,29-,30+,31+,34-,35-,38+,39-,40-,41+,42+;/m0./s1. The molecule has 5 aliphatic carbocycles. The molecule has 5 N–H and O–H groups in total. The SMILES string of the molecule is CC1(C)[C@@H](O[C@H]2O[C@H](C(=O)[O-])[C@@H](O)[C@H](O)[C@H]2O[C@@H]2O[C@H](C(=O)[O-])[C@@H](O)[C@H](O)[C@H]2O)CC[C@]2(C)[C@H]3C(=O)C=C4[C@@H]5C[C@@](C)(C(=O)[O-])CC[C@]5(C)CC[C@@]4(C)[C@]3(C)CC[C@@H]12.[H+].[H+].[K+]. The Kier molecular flexibility index (Phi) is 12.9. The van der Waals surface area contributed by atoms with E-state index in [4.69, 9.17) is 18.9 Å². The van der Waals surface area contributed by atoms with Gasteiger partial charge in [0.15, 0.2) is 18.4 Å². The van der Waals surface area contributed by atoms with E-state index in [0.29, 0.717) is 38.5 Å². The summed E-state index contributed by atoms with van der Waals surface area (Å²) in [6.07, 6.45) is -13.4. The summed E-state index contributed by atoms with van der Waals surface area (Å²) in [6.45, 7) is 14.6. The zero-order valence-electron chi connectivity index (χ0n) is 37.3. The van der Waals surface area contributed by atoms with Crippen LogP contribution in [0.2, 0.25) is 0 Å². The van der Waals surface area contributed by atoms with Crippen molar-refractivity contribution in [1.82, 2.24) is 0 Å². The number of carbonyl (C=O) groups excluding carboxylic acids is 4. The van der Waals surface area contributed by atoms with E-state index in [2.05, 4.69) is 27.7 Å². The van der Waals surface area contributed by atoms with Gasteiger partial charge in [0, 0.05) is 17.3 Å². The van der Waals surface area contributed by atoms with Gasteiger partial charge >= 0.3 is 54.2 Å². The predicted octanol–water partition coefficient (Wildman–Crippen LogP) is -4.53. The molecule has 0 bridgehead atoms. The summed E-state index contributed by atoms with van der Waals surface area (Å²) < 4.78 is 23.1. The Labute approximate surface area is 389 Å². The predicted molar refractivity (Wildman–Crippen MR) is 194 cm³/mol. The van der Waals surface area contributed by atoms with Crippen LogP contribution in [0.5, 0.6) is 0 Å². The van der Waals surface area contributed by atoms with Crippen LogP contribution >= 0.6 is 0 Å². The van der Waals surface area contributed by atoms with Gasteiger partial charge in [-0.15, -0.1) is 0 Å². The van der Waals surface area contributed by atoms with E-state index in [-0.39, 0.29) is 88.6 Å². The Morgan fingerprint density at radius 1 is 0.729 bits per heavy atom. The van der Waals surface area contributed by atoms with Crippen LogP contribution in [0.25, 0.3) is 0 Å². The monoisotopic (exact) mass is 860 g/mol. The molecule has 326 valence electrons. The molecule has 0 aromatic rings. The third-order valence-corrected chi connectivity index (χ3v) is 17.2. The molecule has 0 spiro atoms. The second kappa shape index (κ2) is 16.0. The average Bonchev–Trinajstić information content (AvgIpc) is 3.13. The summed E-state index contributed by atoms with van der Waals surface area (Å²) in [5.41, 5.74) is -2.11. The number of hydrogen-bond donors (Lipinski definition) is 5. The summed E-state index contributed by atoms with van der Waals surface area (Å²) >= 11 is 0. The molecule has 0 radical (unpaired) electrons. The van der Waals surface area contributed by atoms with Crippen molar-refractivity contribution in [2.45, 2.75) is 174 Å². The summed E-state index contributed by atoms with van der Waals surface area (Å²) in [5.74, 6) is -5.37. The molecule has 19 atom stereocenters. The Morgan fingerprint density at radius 2 is 1.31 bits per heavy atom. The molecule has 0 unspecified atom stereocenters. The Bertz CT molecular complexity index is 1750. The minimum Gasteiger partial charge on any atom is -0.550 e. The molecule has 6 fully saturated rings. The van der Waals surface area contributed by atoms with Gasteiger partial charge in [0.25, 0.3) is 0 Å². The van der Waals surface area contributed by atoms with E-state index in [0.717, 1.165) is 24.8 Å². The number of ketones is 1. The maximum Gasteiger partial charge on any atom is 1.00 e. The van der Waals surface area contributed by atoms with E-state index in [9.17, 15) is 60.0 Å². The first-order valence-corrected chi connectivity index (χ1v) is 20.7. The Balaban J connectivity index is 0.00000273. The number of carbonyl (C=O) groups is 4. The number of aliphatic carboxylic acids is 3. The molecule has 2 saturated heterocycles. The maximum atomic E-state index is 14.8. The fraction of sp³-hybridized carbons (Fsp3) is 0.857. The van der Waals surface area contributed by atoms with Crippen molar-refractivity contribution in [2.24, 2.45) is 50.2 Å². The van der Waals surface area contributed by atoms with Crippen molar-refractivity contribution < 1.29 is 133 Å². The molecule has 0 aromatic heterocycles. The van der Waals surface area contributed by atoms with Crippen LogP contribution in [0.3, 0.4) is 0 Å². The Morgan fingerprint density at radius 3 is 1.90 bits per heavy atom. The van der Waals surface area contributed by atoms with Crippen LogP contribution in [0.15, 0.2) is 11.6 Å². The Hall–Kier alpha value is -0.904. The zero-order valence-corrected chi connectivity index (χ0v) is 38.4. The van der Waals surface area contributed by atoms with Gasteiger partial charge in [0.1, 0.15) is 48.8 Å². The van der Waals surface area contributed by atoms with Crippen LogP contribution in [0.4, 0.5) is 0 Å². The normalized spacial score (nSPS) is 51.7. The minimum atomic E-state index is -2.16. The van der Waals surface area contributed by atoms with Gasteiger partial charge in [-0.25, -0.2) is 0 Å². The van der Waals surface area contributed by atoms with E-state index in [1.54, 1.807) is 6.92 Å². The molecule has 59 heavy (non-hydrogen) atoms. The van der Waals surface area contributed by atoms with Gasteiger partial charge in [-0.3, -0.25) is 4.79 Å². The van der Waals surface area contributed by atoms with Crippen molar-refractivity contribution in [3.63, 3.8) is 0 Å². The number of ether oxygens (including phenoxy) is 4. The third-order valence-electron chi connectivity index (χ3n) is 17.2.